The molecule has 2 rings (SSSR count). The molecular formula is C17H32N2O2. The summed E-state index contributed by atoms with van der Waals surface area (Å²) in [5.74, 6) is 0.0569. The van der Waals surface area contributed by atoms with Gasteiger partial charge < -0.3 is 10.4 Å². The van der Waals surface area contributed by atoms with E-state index in [2.05, 4.69) is 24.1 Å². The quantitative estimate of drug-likeness (QED) is 0.723. The minimum absolute atomic E-state index is 0.445. The molecule has 2 N–H and O–H groups in total. The van der Waals surface area contributed by atoms with Gasteiger partial charge in [0, 0.05) is 12.1 Å². The molecule has 0 spiro atoms. The zero-order valence-electron chi connectivity index (χ0n) is 13.9. The molecule has 0 aliphatic heterocycles. The van der Waals surface area contributed by atoms with E-state index in [1.165, 1.54) is 19.3 Å². The minimum atomic E-state index is -0.692. The van der Waals surface area contributed by atoms with Crippen LogP contribution in [0.5, 0.6) is 0 Å². The van der Waals surface area contributed by atoms with Gasteiger partial charge in [-0.25, -0.2) is 0 Å². The van der Waals surface area contributed by atoms with Crippen molar-refractivity contribution in [2.75, 3.05) is 13.1 Å². The van der Waals surface area contributed by atoms with Crippen LogP contribution in [0.3, 0.4) is 0 Å². The zero-order chi connectivity index (χ0) is 15.5. The van der Waals surface area contributed by atoms with Crippen LogP contribution in [0.25, 0.3) is 0 Å². The fourth-order valence-corrected chi connectivity index (χ4v) is 3.77. The van der Waals surface area contributed by atoms with Gasteiger partial charge in [-0.1, -0.05) is 20.8 Å². The maximum atomic E-state index is 11.8. The Morgan fingerprint density at radius 2 is 2.05 bits per heavy atom. The van der Waals surface area contributed by atoms with Gasteiger partial charge in [-0.2, -0.15) is 0 Å². The highest BCUT2D eigenvalue weighted by Crippen LogP contribution is 2.37. The Kier molecular flexibility index (Phi) is 5.67. The fraction of sp³-hybridized carbons (Fsp3) is 0.941. The molecular weight excluding hydrogens is 264 g/mol. The van der Waals surface area contributed by atoms with E-state index in [0.717, 1.165) is 44.8 Å². The van der Waals surface area contributed by atoms with E-state index in [0.29, 0.717) is 12.0 Å². The minimum Gasteiger partial charge on any atom is -0.480 e. The van der Waals surface area contributed by atoms with Crippen molar-refractivity contribution >= 4 is 5.97 Å². The summed E-state index contributed by atoms with van der Waals surface area (Å²) in [7, 11) is 0. The van der Waals surface area contributed by atoms with Crippen molar-refractivity contribution in [2.24, 2.45) is 5.92 Å². The Morgan fingerprint density at radius 1 is 1.33 bits per heavy atom. The summed E-state index contributed by atoms with van der Waals surface area (Å²) < 4.78 is 0. The third-order valence-corrected chi connectivity index (χ3v) is 5.10. The number of nitrogens with one attached hydrogen (secondary N) is 1. The SMILES string of the molecule is CCNC1(C(=O)O)CCCC(N(CCC(C)C)C2CC2)C1. The summed E-state index contributed by atoms with van der Waals surface area (Å²) in [6, 6.07) is 1.17. The second-order valence-corrected chi connectivity index (χ2v) is 7.32. The van der Waals surface area contributed by atoms with Crippen molar-refractivity contribution in [3.8, 4) is 0 Å². The number of aliphatic carboxylic acids is 1. The Morgan fingerprint density at radius 3 is 2.57 bits per heavy atom. The molecule has 2 unspecified atom stereocenters. The number of hydrogen-bond acceptors (Lipinski definition) is 3. The predicted octanol–water partition coefficient (Wildman–Crippen LogP) is 2.87. The number of carbonyl (C=O) groups is 1. The molecule has 0 aromatic carbocycles. The highest BCUT2D eigenvalue weighted by Gasteiger charge is 2.45. The predicted molar refractivity (Wildman–Crippen MR) is 85.5 cm³/mol. The van der Waals surface area contributed by atoms with Crippen molar-refractivity contribution in [1.82, 2.24) is 10.2 Å². The standard InChI is InChI=1S/C17H32N2O2/c1-4-18-17(16(20)21)10-5-6-15(12-17)19(14-7-8-14)11-9-13(2)3/h13-15,18H,4-12H2,1-3H3,(H,20,21). The second-order valence-electron chi connectivity index (χ2n) is 7.32. The molecule has 2 aliphatic carbocycles. The van der Waals surface area contributed by atoms with Gasteiger partial charge in [0.05, 0.1) is 0 Å². The lowest BCUT2D eigenvalue weighted by atomic mass is 9.78. The molecule has 21 heavy (non-hydrogen) atoms. The van der Waals surface area contributed by atoms with Crippen molar-refractivity contribution in [1.29, 1.82) is 0 Å². The van der Waals surface area contributed by atoms with E-state index in [1.54, 1.807) is 0 Å². The van der Waals surface area contributed by atoms with Gasteiger partial charge in [-0.3, -0.25) is 9.69 Å². The summed E-state index contributed by atoms with van der Waals surface area (Å²) in [6.45, 7) is 8.41. The molecule has 0 aromatic heterocycles. The molecule has 2 atom stereocenters. The van der Waals surface area contributed by atoms with Crippen LogP contribution in [0.2, 0.25) is 0 Å². The number of rotatable bonds is 8. The van der Waals surface area contributed by atoms with Gasteiger partial charge in [0.25, 0.3) is 0 Å². The first-order valence-electron chi connectivity index (χ1n) is 8.72. The number of nitrogens with zero attached hydrogens (tertiary/aromatic N) is 1. The normalized spacial score (nSPS) is 30.0. The maximum absolute atomic E-state index is 11.8. The highest BCUT2D eigenvalue weighted by molar-refractivity contribution is 5.79. The van der Waals surface area contributed by atoms with Gasteiger partial charge in [-0.15, -0.1) is 0 Å². The van der Waals surface area contributed by atoms with E-state index >= 15 is 0 Å². The lowest BCUT2D eigenvalue weighted by Gasteiger charge is -2.43. The van der Waals surface area contributed by atoms with Crippen molar-refractivity contribution < 1.29 is 9.90 Å². The molecule has 0 heterocycles. The summed E-state index contributed by atoms with van der Waals surface area (Å²) in [6.07, 6.45) is 7.55. The summed E-state index contributed by atoms with van der Waals surface area (Å²) in [5.41, 5.74) is -0.692. The fourth-order valence-electron chi connectivity index (χ4n) is 3.77. The first kappa shape index (κ1) is 16.8. The first-order valence-corrected chi connectivity index (χ1v) is 8.72. The van der Waals surface area contributed by atoms with E-state index in [1.807, 2.05) is 6.92 Å². The first-order chi connectivity index (χ1) is 9.98. The molecule has 4 nitrogen and oxygen atoms in total. The van der Waals surface area contributed by atoms with Gasteiger partial charge in [0.2, 0.25) is 0 Å². The van der Waals surface area contributed by atoms with E-state index < -0.39 is 11.5 Å². The molecule has 4 heteroatoms. The second kappa shape index (κ2) is 7.10. The van der Waals surface area contributed by atoms with Crippen molar-refractivity contribution in [3.05, 3.63) is 0 Å². The van der Waals surface area contributed by atoms with Crippen LogP contribution in [0.15, 0.2) is 0 Å². The van der Waals surface area contributed by atoms with Gasteiger partial charge in [0.1, 0.15) is 5.54 Å². The third kappa shape index (κ3) is 4.19. The van der Waals surface area contributed by atoms with Crippen LogP contribution < -0.4 is 5.32 Å². The zero-order valence-corrected chi connectivity index (χ0v) is 13.9. The lowest BCUT2D eigenvalue weighted by Crippen LogP contribution is -2.58. The molecule has 2 aliphatic rings. The Hall–Kier alpha value is -0.610. The molecule has 0 bridgehead atoms. The number of carboxylic acids is 1. The third-order valence-electron chi connectivity index (χ3n) is 5.10. The molecule has 2 fully saturated rings. The largest absolute Gasteiger partial charge is 0.480 e. The summed E-state index contributed by atoms with van der Waals surface area (Å²) in [5, 5.41) is 13.0. The molecule has 0 saturated heterocycles. The van der Waals surface area contributed by atoms with Crippen LogP contribution in [0.1, 0.15) is 65.7 Å². The Bertz CT molecular complexity index is 351. The van der Waals surface area contributed by atoms with E-state index in [4.69, 9.17) is 0 Å². The van der Waals surface area contributed by atoms with Gasteiger partial charge in [-0.05, 0) is 64.0 Å². The molecule has 0 amide bonds. The van der Waals surface area contributed by atoms with Gasteiger partial charge >= 0.3 is 5.97 Å². The number of hydrogen-bond donors (Lipinski definition) is 2. The van der Waals surface area contributed by atoms with Crippen LogP contribution in [-0.4, -0.2) is 46.7 Å². The average Bonchev–Trinajstić information content (AvgIpc) is 3.24. The average molecular weight is 296 g/mol. The van der Waals surface area contributed by atoms with Crippen LogP contribution in [0.4, 0.5) is 0 Å². The van der Waals surface area contributed by atoms with Crippen LogP contribution >= 0.6 is 0 Å². The van der Waals surface area contributed by atoms with Crippen LogP contribution in [0, 0.1) is 5.92 Å². The number of carboxylic acid groups (broad SMARTS) is 1. The van der Waals surface area contributed by atoms with Crippen molar-refractivity contribution in [2.45, 2.75) is 83.3 Å². The number of likely N-dealkylation sites (N-methyl/N-ethyl adjacent to an activating group) is 1. The lowest BCUT2D eigenvalue weighted by molar-refractivity contribution is -0.147. The van der Waals surface area contributed by atoms with Crippen LogP contribution in [-0.2, 0) is 4.79 Å². The van der Waals surface area contributed by atoms with Gasteiger partial charge in [0.15, 0.2) is 0 Å². The van der Waals surface area contributed by atoms with E-state index in [-0.39, 0.29) is 0 Å². The smallest absolute Gasteiger partial charge is 0.323 e. The Labute approximate surface area is 129 Å². The monoisotopic (exact) mass is 296 g/mol. The molecule has 0 aromatic rings. The molecule has 0 radical (unpaired) electrons. The Balaban J connectivity index is 2.04. The summed E-state index contributed by atoms with van der Waals surface area (Å²) in [4.78, 5) is 14.4. The highest BCUT2D eigenvalue weighted by atomic mass is 16.4. The maximum Gasteiger partial charge on any atom is 0.323 e. The molecule has 122 valence electrons. The van der Waals surface area contributed by atoms with E-state index in [9.17, 15) is 9.90 Å². The molecule has 2 saturated carbocycles. The topological polar surface area (TPSA) is 52.6 Å². The summed E-state index contributed by atoms with van der Waals surface area (Å²) >= 11 is 0. The van der Waals surface area contributed by atoms with Crippen molar-refractivity contribution in [3.63, 3.8) is 0 Å².